The number of carbonyl (C=O) groups excluding carboxylic acids is 1. The number of aliphatic hydroxyl groups is 1. The van der Waals surface area contributed by atoms with E-state index in [2.05, 4.69) is 15.3 Å². The summed E-state index contributed by atoms with van der Waals surface area (Å²) in [4.78, 5) is 21.1. The van der Waals surface area contributed by atoms with E-state index in [0.29, 0.717) is 36.0 Å². The number of hydrogen-bond acceptors (Lipinski definition) is 6. The van der Waals surface area contributed by atoms with Crippen molar-refractivity contribution in [3.8, 4) is 5.75 Å². The number of rotatable bonds is 6. The lowest BCUT2D eigenvalue weighted by Gasteiger charge is -2.38. The van der Waals surface area contributed by atoms with Gasteiger partial charge in [-0.15, -0.1) is 0 Å². The van der Waals surface area contributed by atoms with Crippen molar-refractivity contribution in [2.75, 3.05) is 7.11 Å². The van der Waals surface area contributed by atoms with Gasteiger partial charge in [0.1, 0.15) is 11.5 Å². The van der Waals surface area contributed by atoms with Gasteiger partial charge in [0.15, 0.2) is 12.1 Å². The molecule has 2 fully saturated rings. The molecule has 2 aromatic rings. The van der Waals surface area contributed by atoms with E-state index in [9.17, 15) is 9.90 Å². The average molecular weight is 343 g/mol. The first-order valence-electron chi connectivity index (χ1n) is 8.57. The van der Waals surface area contributed by atoms with Gasteiger partial charge in [-0.1, -0.05) is 0 Å². The third kappa shape index (κ3) is 3.24. The Morgan fingerprint density at radius 1 is 1.40 bits per heavy atom. The highest BCUT2D eigenvalue weighted by molar-refractivity contribution is 5.93. The molecule has 4 rings (SSSR count). The highest BCUT2D eigenvalue weighted by Gasteiger charge is 2.38. The zero-order valence-electron chi connectivity index (χ0n) is 14.0. The van der Waals surface area contributed by atoms with Crippen molar-refractivity contribution in [1.29, 1.82) is 0 Å². The first-order valence-corrected chi connectivity index (χ1v) is 8.57. The molecule has 2 saturated carbocycles. The Hall–Kier alpha value is -2.41. The summed E-state index contributed by atoms with van der Waals surface area (Å²) in [5.74, 6) is 1.53. The van der Waals surface area contributed by atoms with Crippen molar-refractivity contribution < 1.29 is 19.1 Å². The maximum absolute atomic E-state index is 12.8. The quantitative estimate of drug-likeness (QED) is 0.834. The number of aromatic nitrogens is 2. The molecule has 7 heteroatoms. The van der Waals surface area contributed by atoms with Gasteiger partial charge in [0.2, 0.25) is 0 Å². The Balaban J connectivity index is 1.57. The van der Waals surface area contributed by atoms with Crippen LogP contribution in [-0.4, -0.2) is 34.2 Å². The molecule has 0 bridgehead atoms. The van der Waals surface area contributed by atoms with Crippen molar-refractivity contribution in [2.24, 2.45) is 5.92 Å². The number of nitrogens with zero attached hydrogens (tertiary/aromatic N) is 2. The fourth-order valence-corrected chi connectivity index (χ4v) is 3.36. The molecule has 0 spiro atoms. The molecule has 2 heterocycles. The number of oxazole rings is 1. The number of hydrogen-bond donors (Lipinski definition) is 2. The van der Waals surface area contributed by atoms with Crippen LogP contribution in [0.25, 0.3) is 0 Å². The van der Waals surface area contributed by atoms with Gasteiger partial charge in [0, 0.05) is 12.1 Å². The number of pyridine rings is 1. The van der Waals surface area contributed by atoms with Crippen molar-refractivity contribution in [3.63, 3.8) is 0 Å². The van der Waals surface area contributed by atoms with Crippen LogP contribution in [0.1, 0.15) is 59.5 Å². The molecule has 1 atom stereocenters. The van der Waals surface area contributed by atoms with Gasteiger partial charge < -0.3 is 19.6 Å². The molecule has 0 unspecified atom stereocenters. The van der Waals surface area contributed by atoms with E-state index in [0.717, 1.165) is 18.4 Å². The summed E-state index contributed by atoms with van der Waals surface area (Å²) in [6.45, 7) is 0. The van der Waals surface area contributed by atoms with Gasteiger partial charge in [-0.3, -0.25) is 9.78 Å². The van der Waals surface area contributed by atoms with E-state index in [1.807, 2.05) is 6.07 Å². The molecule has 0 saturated heterocycles. The van der Waals surface area contributed by atoms with Crippen molar-refractivity contribution in [1.82, 2.24) is 15.3 Å². The Bertz CT molecular complexity index is 765. The van der Waals surface area contributed by atoms with E-state index >= 15 is 0 Å². The van der Waals surface area contributed by atoms with Crippen molar-refractivity contribution in [3.05, 3.63) is 41.9 Å². The summed E-state index contributed by atoms with van der Waals surface area (Å²) >= 11 is 0. The second kappa shape index (κ2) is 6.48. The lowest BCUT2D eigenvalue weighted by Crippen LogP contribution is -2.41. The van der Waals surface area contributed by atoms with Gasteiger partial charge in [0.05, 0.1) is 25.5 Å². The number of methoxy groups -OCH3 is 1. The van der Waals surface area contributed by atoms with E-state index in [-0.39, 0.29) is 24.0 Å². The molecule has 0 radical (unpaired) electrons. The van der Waals surface area contributed by atoms with Crippen LogP contribution in [0, 0.1) is 5.92 Å². The third-order valence-corrected chi connectivity index (χ3v) is 4.99. The van der Waals surface area contributed by atoms with Crippen LogP contribution in [0.3, 0.4) is 0 Å². The molecular formula is C18H21N3O4. The fourth-order valence-electron chi connectivity index (χ4n) is 3.36. The molecule has 7 nitrogen and oxygen atoms in total. The maximum Gasteiger partial charge on any atom is 0.274 e. The number of carbonyl (C=O) groups is 1. The molecule has 2 aromatic heterocycles. The molecule has 25 heavy (non-hydrogen) atoms. The SMILES string of the molecule is COc1cncc([C@H](NC(=O)c2ncoc2C2CC2)C2CC(O)C2)c1. The Morgan fingerprint density at radius 3 is 2.88 bits per heavy atom. The van der Waals surface area contributed by atoms with Crippen LogP contribution in [0.15, 0.2) is 29.3 Å². The number of nitrogens with one attached hydrogen (secondary N) is 1. The first-order chi connectivity index (χ1) is 12.2. The lowest BCUT2D eigenvalue weighted by molar-refractivity contribution is 0.0233. The van der Waals surface area contributed by atoms with Crippen molar-refractivity contribution >= 4 is 5.91 Å². The first kappa shape index (κ1) is 16.1. The maximum atomic E-state index is 12.8. The average Bonchev–Trinajstić information content (AvgIpc) is 3.33. The van der Waals surface area contributed by atoms with Crippen LogP contribution in [-0.2, 0) is 0 Å². The van der Waals surface area contributed by atoms with Gasteiger partial charge in [-0.05, 0) is 43.2 Å². The molecule has 2 N–H and O–H groups in total. The largest absolute Gasteiger partial charge is 0.495 e. The van der Waals surface area contributed by atoms with Gasteiger partial charge in [-0.2, -0.15) is 0 Å². The van der Waals surface area contributed by atoms with Crippen LogP contribution in [0.4, 0.5) is 0 Å². The number of ether oxygens (including phenoxy) is 1. The monoisotopic (exact) mass is 343 g/mol. The zero-order chi connectivity index (χ0) is 17.4. The van der Waals surface area contributed by atoms with E-state index in [4.69, 9.17) is 9.15 Å². The summed E-state index contributed by atoms with van der Waals surface area (Å²) in [7, 11) is 1.58. The summed E-state index contributed by atoms with van der Waals surface area (Å²) < 4.78 is 10.6. The van der Waals surface area contributed by atoms with Gasteiger partial charge in [0.25, 0.3) is 5.91 Å². The standard InChI is InChI=1S/C18H21N3O4/c1-24-14-6-12(7-19-8-14)15(11-4-13(22)5-11)21-18(23)16-17(10-2-3-10)25-9-20-16/h6-11,13,15,22H,2-5H2,1H3,(H,21,23)/t11?,13?,15-/m1/s1. The van der Waals surface area contributed by atoms with Crippen molar-refractivity contribution in [2.45, 2.75) is 43.7 Å². The normalized spacial score (nSPS) is 23.6. The second-order valence-corrected chi connectivity index (χ2v) is 6.83. The smallest absolute Gasteiger partial charge is 0.274 e. The van der Waals surface area contributed by atoms with Crippen LogP contribution >= 0.6 is 0 Å². The third-order valence-electron chi connectivity index (χ3n) is 4.99. The fraction of sp³-hybridized carbons (Fsp3) is 0.500. The van der Waals surface area contributed by atoms with E-state index < -0.39 is 0 Å². The summed E-state index contributed by atoms with van der Waals surface area (Å²) in [5, 5.41) is 12.7. The Labute approximate surface area is 145 Å². The molecule has 0 aliphatic heterocycles. The molecule has 0 aromatic carbocycles. The Morgan fingerprint density at radius 2 is 2.20 bits per heavy atom. The number of aliphatic hydroxyl groups excluding tert-OH is 1. The van der Waals surface area contributed by atoms with Crippen LogP contribution in [0.5, 0.6) is 5.75 Å². The highest BCUT2D eigenvalue weighted by Crippen LogP contribution is 2.42. The van der Waals surface area contributed by atoms with Crippen LogP contribution < -0.4 is 10.1 Å². The second-order valence-electron chi connectivity index (χ2n) is 6.83. The van der Waals surface area contributed by atoms with E-state index in [1.165, 1.54) is 6.39 Å². The van der Waals surface area contributed by atoms with E-state index in [1.54, 1.807) is 19.5 Å². The lowest BCUT2D eigenvalue weighted by atomic mass is 9.75. The summed E-state index contributed by atoms with van der Waals surface area (Å²) in [6.07, 6.45) is 7.74. The minimum Gasteiger partial charge on any atom is -0.495 e. The molecular weight excluding hydrogens is 322 g/mol. The van der Waals surface area contributed by atoms with Crippen LogP contribution in [0.2, 0.25) is 0 Å². The molecule has 2 aliphatic carbocycles. The molecule has 2 aliphatic rings. The minimum absolute atomic E-state index is 0.157. The number of amides is 1. The minimum atomic E-state index is -0.308. The van der Waals surface area contributed by atoms with Gasteiger partial charge >= 0.3 is 0 Å². The zero-order valence-corrected chi connectivity index (χ0v) is 14.0. The molecule has 132 valence electrons. The topological polar surface area (TPSA) is 97.5 Å². The summed E-state index contributed by atoms with van der Waals surface area (Å²) in [5.41, 5.74) is 1.23. The predicted octanol–water partition coefficient (Wildman–Crippen LogP) is 2.20. The Kier molecular flexibility index (Phi) is 4.17. The predicted molar refractivity (Wildman–Crippen MR) is 88.2 cm³/mol. The molecule has 1 amide bonds. The van der Waals surface area contributed by atoms with Gasteiger partial charge in [-0.25, -0.2) is 4.98 Å². The highest BCUT2D eigenvalue weighted by atomic mass is 16.5. The summed E-state index contributed by atoms with van der Waals surface area (Å²) in [6, 6.07) is 1.62.